The molecule has 1 N–H and O–H groups in total. The second-order valence-corrected chi connectivity index (χ2v) is 7.34. The summed E-state index contributed by atoms with van der Waals surface area (Å²) in [4.78, 5) is 0. The van der Waals surface area contributed by atoms with Gasteiger partial charge in [0.1, 0.15) is 5.82 Å². The van der Waals surface area contributed by atoms with Crippen molar-refractivity contribution in [3.05, 3.63) is 35.6 Å². The molecule has 1 fully saturated rings. The van der Waals surface area contributed by atoms with E-state index in [0.29, 0.717) is 10.8 Å². The van der Waals surface area contributed by atoms with E-state index >= 15 is 0 Å². The third-order valence-corrected chi connectivity index (χ3v) is 5.82. The van der Waals surface area contributed by atoms with E-state index in [9.17, 15) is 4.39 Å². The largest absolute Gasteiger partial charge is 0.313 e. The maximum Gasteiger partial charge on any atom is 0.123 e. The Morgan fingerprint density at radius 2 is 2.05 bits per heavy atom. The van der Waals surface area contributed by atoms with Gasteiger partial charge < -0.3 is 5.32 Å². The van der Waals surface area contributed by atoms with E-state index in [2.05, 4.69) is 18.5 Å². The molecule has 0 aliphatic heterocycles. The average molecular weight is 295 g/mol. The standard InChI is InChI=1S/C17H26FNS/c1-14(11-15-7-6-8-16(18)12-15)19-13-17(20-2)9-4-3-5-10-17/h6-8,12,14,19H,3-5,9-11,13H2,1-2H3. The molecule has 0 saturated heterocycles. The maximum absolute atomic E-state index is 13.2. The van der Waals surface area contributed by atoms with Gasteiger partial charge in [-0.3, -0.25) is 0 Å². The number of thioether (sulfide) groups is 1. The number of hydrogen-bond acceptors (Lipinski definition) is 2. The van der Waals surface area contributed by atoms with E-state index in [4.69, 9.17) is 0 Å². The molecule has 20 heavy (non-hydrogen) atoms. The van der Waals surface area contributed by atoms with E-state index in [-0.39, 0.29) is 5.82 Å². The van der Waals surface area contributed by atoms with Gasteiger partial charge >= 0.3 is 0 Å². The van der Waals surface area contributed by atoms with Crippen LogP contribution in [0.2, 0.25) is 0 Å². The summed E-state index contributed by atoms with van der Waals surface area (Å²) in [6.45, 7) is 3.27. The van der Waals surface area contributed by atoms with Crippen LogP contribution in [0.3, 0.4) is 0 Å². The lowest BCUT2D eigenvalue weighted by Gasteiger charge is -2.37. The Balaban J connectivity index is 1.83. The first kappa shape index (κ1) is 15.8. The number of benzene rings is 1. The Kier molecular flexibility index (Phi) is 5.91. The summed E-state index contributed by atoms with van der Waals surface area (Å²) in [5.74, 6) is -0.137. The van der Waals surface area contributed by atoms with Gasteiger partial charge in [-0.2, -0.15) is 11.8 Å². The molecule has 1 aromatic carbocycles. The van der Waals surface area contributed by atoms with Crippen LogP contribution in [0, 0.1) is 5.82 Å². The average Bonchev–Trinajstić information content (AvgIpc) is 2.46. The van der Waals surface area contributed by atoms with Crippen molar-refractivity contribution >= 4 is 11.8 Å². The van der Waals surface area contributed by atoms with Crippen LogP contribution < -0.4 is 5.32 Å². The Morgan fingerprint density at radius 3 is 2.70 bits per heavy atom. The van der Waals surface area contributed by atoms with Crippen LogP contribution in [-0.4, -0.2) is 23.6 Å². The first-order chi connectivity index (χ1) is 9.63. The van der Waals surface area contributed by atoms with Crippen LogP contribution in [0.4, 0.5) is 4.39 Å². The Bertz CT molecular complexity index is 415. The highest BCUT2D eigenvalue weighted by Gasteiger charge is 2.30. The number of nitrogens with one attached hydrogen (secondary N) is 1. The topological polar surface area (TPSA) is 12.0 Å². The minimum Gasteiger partial charge on any atom is -0.313 e. The van der Waals surface area contributed by atoms with Crippen LogP contribution in [0.25, 0.3) is 0 Å². The summed E-state index contributed by atoms with van der Waals surface area (Å²) in [5, 5.41) is 3.67. The predicted molar refractivity (Wildman–Crippen MR) is 86.9 cm³/mol. The smallest absolute Gasteiger partial charge is 0.123 e. The van der Waals surface area contributed by atoms with Gasteiger partial charge in [-0.25, -0.2) is 4.39 Å². The highest BCUT2D eigenvalue weighted by atomic mass is 32.2. The number of rotatable bonds is 6. The molecule has 0 amide bonds. The Morgan fingerprint density at radius 1 is 1.30 bits per heavy atom. The molecule has 1 atom stereocenters. The van der Waals surface area contributed by atoms with E-state index in [1.54, 1.807) is 12.1 Å². The first-order valence-electron chi connectivity index (χ1n) is 7.66. The fourth-order valence-corrected chi connectivity index (χ4v) is 4.02. The second-order valence-electron chi connectivity index (χ2n) is 6.06. The molecule has 1 unspecified atom stereocenters. The van der Waals surface area contributed by atoms with E-state index in [1.807, 2.05) is 17.8 Å². The zero-order chi connectivity index (χ0) is 14.4. The van der Waals surface area contributed by atoms with E-state index in [0.717, 1.165) is 18.5 Å². The molecule has 1 saturated carbocycles. The minimum atomic E-state index is -0.137. The summed E-state index contributed by atoms with van der Waals surface area (Å²) in [6, 6.07) is 7.34. The van der Waals surface area contributed by atoms with Crippen molar-refractivity contribution in [2.24, 2.45) is 0 Å². The molecule has 3 heteroatoms. The van der Waals surface area contributed by atoms with Crippen LogP contribution in [-0.2, 0) is 6.42 Å². The van der Waals surface area contributed by atoms with E-state index in [1.165, 1.54) is 38.2 Å². The second kappa shape index (κ2) is 7.46. The van der Waals surface area contributed by atoms with Crippen molar-refractivity contribution in [2.45, 2.75) is 56.2 Å². The van der Waals surface area contributed by atoms with Crippen LogP contribution in [0.1, 0.15) is 44.6 Å². The molecule has 0 aromatic heterocycles. The van der Waals surface area contributed by atoms with Crippen molar-refractivity contribution < 1.29 is 4.39 Å². The zero-order valence-corrected chi connectivity index (χ0v) is 13.4. The van der Waals surface area contributed by atoms with Crippen LogP contribution >= 0.6 is 11.8 Å². The van der Waals surface area contributed by atoms with Gasteiger partial charge in [0, 0.05) is 17.3 Å². The number of hydrogen-bond donors (Lipinski definition) is 1. The fraction of sp³-hybridized carbons (Fsp3) is 0.647. The maximum atomic E-state index is 13.2. The summed E-state index contributed by atoms with van der Waals surface area (Å²) in [7, 11) is 0. The van der Waals surface area contributed by atoms with Crippen molar-refractivity contribution in [3.8, 4) is 0 Å². The Hall–Kier alpha value is -0.540. The van der Waals surface area contributed by atoms with Crippen molar-refractivity contribution in [1.29, 1.82) is 0 Å². The monoisotopic (exact) mass is 295 g/mol. The molecule has 2 rings (SSSR count). The summed E-state index contributed by atoms with van der Waals surface area (Å²) < 4.78 is 13.6. The molecule has 1 aromatic rings. The van der Waals surface area contributed by atoms with Crippen molar-refractivity contribution in [3.63, 3.8) is 0 Å². The third kappa shape index (κ3) is 4.49. The van der Waals surface area contributed by atoms with Gasteiger partial charge in [0.2, 0.25) is 0 Å². The van der Waals surface area contributed by atoms with Gasteiger partial charge in [-0.1, -0.05) is 31.4 Å². The quantitative estimate of drug-likeness (QED) is 0.834. The first-order valence-corrected chi connectivity index (χ1v) is 8.89. The molecular weight excluding hydrogens is 269 g/mol. The number of halogens is 1. The molecule has 0 bridgehead atoms. The SMILES string of the molecule is CSC1(CNC(C)Cc2cccc(F)c2)CCCCC1. The summed E-state index contributed by atoms with van der Waals surface area (Å²) >= 11 is 2.02. The van der Waals surface area contributed by atoms with Gasteiger partial charge in [-0.15, -0.1) is 0 Å². The minimum absolute atomic E-state index is 0.137. The van der Waals surface area contributed by atoms with E-state index < -0.39 is 0 Å². The normalized spacial score (nSPS) is 19.8. The van der Waals surface area contributed by atoms with Crippen molar-refractivity contribution in [2.75, 3.05) is 12.8 Å². The highest BCUT2D eigenvalue weighted by Crippen LogP contribution is 2.38. The highest BCUT2D eigenvalue weighted by molar-refractivity contribution is 8.00. The summed E-state index contributed by atoms with van der Waals surface area (Å²) in [5.41, 5.74) is 1.08. The van der Waals surface area contributed by atoms with Crippen LogP contribution in [0.5, 0.6) is 0 Å². The van der Waals surface area contributed by atoms with Crippen molar-refractivity contribution in [1.82, 2.24) is 5.32 Å². The van der Waals surface area contributed by atoms with Gasteiger partial charge in [-0.05, 0) is 50.1 Å². The molecule has 0 heterocycles. The molecule has 1 aliphatic rings. The molecule has 112 valence electrons. The lowest BCUT2D eigenvalue weighted by Crippen LogP contribution is -2.43. The predicted octanol–water partition coefficient (Wildman–Crippen LogP) is 4.41. The molecule has 1 nitrogen and oxygen atoms in total. The fourth-order valence-electron chi connectivity index (χ4n) is 3.10. The molecule has 1 aliphatic carbocycles. The Labute approximate surface area is 126 Å². The lowest BCUT2D eigenvalue weighted by molar-refractivity contribution is 0.365. The molecule has 0 spiro atoms. The summed E-state index contributed by atoms with van der Waals surface area (Å²) in [6.07, 6.45) is 9.90. The third-order valence-electron chi connectivity index (χ3n) is 4.40. The zero-order valence-electron chi connectivity index (χ0n) is 12.6. The molecular formula is C17H26FNS. The van der Waals surface area contributed by atoms with Crippen LogP contribution in [0.15, 0.2) is 24.3 Å². The van der Waals surface area contributed by atoms with Gasteiger partial charge in [0.25, 0.3) is 0 Å². The lowest BCUT2D eigenvalue weighted by atomic mass is 9.88. The van der Waals surface area contributed by atoms with Gasteiger partial charge in [0.05, 0.1) is 0 Å². The van der Waals surface area contributed by atoms with Gasteiger partial charge in [0.15, 0.2) is 0 Å². The molecule has 0 radical (unpaired) electrons.